The van der Waals surface area contributed by atoms with Crippen LogP contribution < -0.4 is 10.6 Å². The van der Waals surface area contributed by atoms with Gasteiger partial charge in [-0.25, -0.2) is 4.79 Å². The smallest absolute Gasteiger partial charge is 0.331 e. The first-order valence-electron chi connectivity index (χ1n) is 7.68. The Morgan fingerprint density at radius 3 is 2.48 bits per heavy atom. The average molecular weight is 344 g/mol. The molecule has 0 fully saturated rings. The fourth-order valence-corrected chi connectivity index (χ4v) is 2.02. The van der Waals surface area contributed by atoms with E-state index in [1.165, 1.54) is 30.9 Å². The van der Waals surface area contributed by atoms with E-state index >= 15 is 0 Å². The summed E-state index contributed by atoms with van der Waals surface area (Å²) < 4.78 is 1.25. The first-order chi connectivity index (χ1) is 11.8. The lowest BCUT2D eigenvalue weighted by Gasteiger charge is -2.19. The van der Waals surface area contributed by atoms with Crippen LogP contribution in [0.4, 0.5) is 5.69 Å². The molecule has 1 heterocycles. The first-order valence-corrected chi connectivity index (χ1v) is 7.68. The normalized spacial score (nSPS) is 11.0. The molecule has 0 spiro atoms. The zero-order chi connectivity index (χ0) is 18.4. The Hall–Kier alpha value is -3.16. The van der Waals surface area contributed by atoms with E-state index in [0.717, 1.165) is 5.56 Å². The number of benzene rings is 1. The lowest BCUT2D eigenvalue weighted by molar-refractivity contribution is -0.146. The molecule has 2 rings (SSSR count). The topological polar surface area (TPSA) is 113 Å². The van der Waals surface area contributed by atoms with Crippen molar-refractivity contribution in [3.8, 4) is 0 Å². The SMILES string of the molecule is CC(C)(C(=O)O)n1cc(NC(=O)CNC(=O)Cc2ccccc2)cn1. The van der Waals surface area contributed by atoms with Gasteiger partial charge in [0, 0.05) is 6.20 Å². The highest BCUT2D eigenvalue weighted by molar-refractivity contribution is 5.94. The van der Waals surface area contributed by atoms with Crippen LogP contribution in [0.15, 0.2) is 42.7 Å². The predicted molar refractivity (Wildman–Crippen MR) is 91.0 cm³/mol. The molecule has 0 radical (unpaired) electrons. The molecule has 0 saturated carbocycles. The Morgan fingerprint density at radius 1 is 1.16 bits per heavy atom. The molecule has 0 aliphatic heterocycles. The van der Waals surface area contributed by atoms with Crippen LogP contribution in [0.3, 0.4) is 0 Å². The standard InChI is InChI=1S/C17H20N4O4/c1-17(2,16(24)25)21-11-13(9-19-21)20-15(23)10-18-14(22)8-12-6-4-3-5-7-12/h3-7,9,11H,8,10H2,1-2H3,(H,18,22)(H,20,23)(H,24,25). The number of carbonyl (C=O) groups excluding carboxylic acids is 2. The van der Waals surface area contributed by atoms with E-state index in [0.29, 0.717) is 5.69 Å². The van der Waals surface area contributed by atoms with E-state index in [2.05, 4.69) is 15.7 Å². The van der Waals surface area contributed by atoms with Gasteiger partial charge in [0.1, 0.15) is 0 Å². The third kappa shape index (κ3) is 4.90. The highest BCUT2D eigenvalue weighted by atomic mass is 16.4. The predicted octanol–water partition coefficient (Wildman–Crippen LogP) is 1.00. The molecule has 132 valence electrons. The number of carboxylic acids is 1. The maximum atomic E-state index is 11.9. The fraction of sp³-hybridized carbons (Fsp3) is 0.294. The summed E-state index contributed by atoms with van der Waals surface area (Å²) in [5.41, 5.74) is -0.0124. The summed E-state index contributed by atoms with van der Waals surface area (Å²) in [7, 11) is 0. The van der Waals surface area contributed by atoms with E-state index in [9.17, 15) is 14.4 Å². The molecular weight excluding hydrogens is 324 g/mol. The molecule has 1 aromatic heterocycles. The highest BCUT2D eigenvalue weighted by Gasteiger charge is 2.30. The minimum atomic E-state index is -1.23. The maximum Gasteiger partial charge on any atom is 0.331 e. The molecular formula is C17H20N4O4. The molecule has 0 aliphatic rings. The van der Waals surface area contributed by atoms with Crippen LogP contribution in [0.2, 0.25) is 0 Å². The van der Waals surface area contributed by atoms with Gasteiger partial charge in [0.05, 0.1) is 24.8 Å². The van der Waals surface area contributed by atoms with Gasteiger partial charge in [0.15, 0.2) is 5.54 Å². The number of nitrogens with zero attached hydrogens (tertiary/aromatic N) is 2. The maximum absolute atomic E-state index is 11.9. The van der Waals surface area contributed by atoms with Gasteiger partial charge < -0.3 is 15.7 Å². The van der Waals surface area contributed by atoms with Crippen LogP contribution in [-0.2, 0) is 26.3 Å². The number of anilines is 1. The molecule has 0 aliphatic carbocycles. The van der Waals surface area contributed by atoms with Gasteiger partial charge in [-0.05, 0) is 19.4 Å². The summed E-state index contributed by atoms with van der Waals surface area (Å²) in [5.74, 6) is -1.72. The van der Waals surface area contributed by atoms with Gasteiger partial charge in [-0.1, -0.05) is 30.3 Å². The van der Waals surface area contributed by atoms with Crippen LogP contribution in [0.5, 0.6) is 0 Å². The third-order valence-electron chi connectivity index (χ3n) is 3.62. The molecule has 2 aromatic rings. The third-order valence-corrected chi connectivity index (χ3v) is 3.62. The summed E-state index contributed by atoms with van der Waals surface area (Å²) in [5, 5.41) is 18.2. The van der Waals surface area contributed by atoms with E-state index in [4.69, 9.17) is 5.11 Å². The molecule has 25 heavy (non-hydrogen) atoms. The summed E-state index contributed by atoms with van der Waals surface area (Å²) in [6.07, 6.45) is 2.98. The molecule has 0 bridgehead atoms. The van der Waals surface area contributed by atoms with Crippen LogP contribution in [-0.4, -0.2) is 39.2 Å². The Balaban J connectivity index is 1.84. The molecule has 0 unspecified atom stereocenters. The number of amides is 2. The largest absolute Gasteiger partial charge is 0.479 e. The number of carboxylic acid groups (broad SMARTS) is 1. The Bertz CT molecular complexity index is 768. The van der Waals surface area contributed by atoms with Gasteiger partial charge >= 0.3 is 5.97 Å². The van der Waals surface area contributed by atoms with E-state index in [1.54, 1.807) is 0 Å². The second-order valence-electron chi connectivity index (χ2n) is 6.03. The van der Waals surface area contributed by atoms with Crippen molar-refractivity contribution in [3.05, 3.63) is 48.3 Å². The molecule has 0 atom stereocenters. The van der Waals surface area contributed by atoms with Crippen molar-refractivity contribution >= 4 is 23.5 Å². The number of rotatable bonds is 7. The van der Waals surface area contributed by atoms with Crippen molar-refractivity contribution in [3.63, 3.8) is 0 Å². The summed E-state index contributed by atoms with van der Waals surface area (Å²) in [6, 6.07) is 9.20. The minimum Gasteiger partial charge on any atom is -0.479 e. The van der Waals surface area contributed by atoms with E-state index in [-0.39, 0.29) is 18.9 Å². The Kier molecular flexibility index (Phi) is 5.53. The van der Waals surface area contributed by atoms with E-state index < -0.39 is 17.4 Å². The highest BCUT2D eigenvalue weighted by Crippen LogP contribution is 2.17. The van der Waals surface area contributed by atoms with Gasteiger partial charge in [0.2, 0.25) is 11.8 Å². The van der Waals surface area contributed by atoms with Crippen molar-refractivity contribution < 1.29 is 19.5 Å². The van der Waals surface area contributed by atoms with Crippen LogP contribution >= 0.6 is 0 Å². The quantitative estimate of drug-likeness (QED) is 0.693. The summed E-state index contributed by atoms with van der Waals surface area (Å²) in [4.78, 5) is 34.9. The summed E-state index contributed by atoms with van der Waals surface area (Å²) in [6.45, 7) is 2.81. The van der Waals surface area contributed by atoms with Gasteiger partial charge in [-0.3, -0.25) is 14.3 Å². The molecule has 3 N–H and O–H groups in total. The van der Waals surface area contributed by atoms with Gasteiger partial charge in [0.25, 0.3) is 0 Å². The van der Waals surface area contributed by atoms with Crippen molar-refractivity contribution in [1.82, 2.24) is 15.1 Å². The first kappa shape index (κ1) is 18.2. The molecule has 1 aromatic carbocycles. The van der Waals surface area contributed by atoms with Crippen LogP contribution in [0.25, 0.3) is 0 Å². The van der Waals surface area contributed by atoms with Crippen molar-refractivity contribution in [1.29, 1.82) is 0 Å². The fourth-order valence-electron chi connectivity index (χ4n) is 2.02. The molecule has 8 heteroatoms. The van der Waals surface area contributed by atoms with Crippen LogP contribution in [0, 0.1) is 0 Å². The minimum absolute atomic E-state index is 0.181. The zero-order valence-corrected chi connectivity index (χ0v) is 14.0. The number of nitrogens with one attached hydrogen (secondary N) is 2. The monoisotopic (exact) mass is 344 g/mol. The second-order valence-corrected chi connectivity index (χ2v) is 6.03. The van der Waals surface area contributed by atoms with Gasteiger partial charge in [-0.15, -0.1) is 0 Å². The lowest BCUT2D eigenvalue weighted by Crippen LogP contribution is -2.36. The van der Waals surface area contributed by atoms with Crippen LogP contribution in [0.1, 0.15) is 19.4 Å². The molecule has 2 amide bonds. The second kappa shape index (κ2) is 7.61. The van der Waals surface area contributed by atoms with E-state index in [1.807, 2.05) is 30.3 Å². The lowest BCUT2D eigenvalue weighted by atomic mass is 10.1. The Labute approximate surface area is 144 Å². The summed E-state index contributed by atoms with van der Waals surface area (Å²) >= 11 is 0. The molecule has 0 saturated heterocycles. The Morgan fingerprint density at radius 2 is 1.84 bits per heavy atom. The number of aliphatic carboxylic acids is 1. The van der Waals surface area contributed by atoms with Gasteiger partial charge in [-0.2, -0.15) is 5.10 Å². The number of aromatic nitrogens is 2. The number of hydrogen-bond donors (Lipinski definition) is 3. The van der Waals surface area contributed by atoms with Crippen molar-refractivity contribution in [2.24, 2.45) is 0 Å². The van der Waals surface area contributed by atoms with Crippen molar-refractivity contribution in [2.75, 3.05) is 11.9 Å². The number of hydrogen-bond acceptors (Lipinski definition) is 4. The zero-order valence-electron chi connectivity index (χ0n) is 14.0. The van der Waals surface area contributed by atoms with Crippen molar-refractivity contribution in [2.45, 2.75) is 25.8 Å². The number of carbonyl (C=O) groups is 3. The molecule has 8 nitrogen and oxygen atoms in total. The average Bonchev–Trinajstić information content (AvgIpc) is 3.03.